The van der Waals surface area contributed by atoms with Crippen LogP contribution in [0.3, 0.4) is 0 Å². The summed E-state index contributed by atoms with van der Waals surface area (Å²) in [4.78, 5) is 10.4. The summed E-state index contributed by atoms with van der Waals surface area (Å²) in [6.07, 6.45) is 0. The van der Waals surface area contributed by atoms with Gasteiger partial charge in [-0.3, -0.25) is 0 Å². The molecule has 0 heterocycles. The van der Waals surface area contributed by atoms with Crippen molar-refractivity contribution in [3.8, 4) is 5.75 Å². The first kappa shape index (κ1) is 19.5. The van der Waals surface area contributed by atoms with Crippen LogP contribution in [0.25, 0.3) is 0 Å². The highest BCUT2D eigenvalue weighted by molar-refractivity contribution is 8.93. The van der Waals surface area contributed by atoms with Gasteiger partial charge < -0.3 is 10.2 Å². The van der Waals surface area contributed by atoms with Crippen LogP contribution in [0.4, 0.5) is 0 Å². The largest absolute Gasteiger partial charge is 0.507 e. The van der Waals surface area contributed by atoms with E-state index >= 15 is 0 Å². The van der Waals surface area contributed by atoms with E-state index in [-0.39, 0.29) is 62.3 Å². The molecule has 0 aliphatic rings. The van der Waals surface area contributed by atoms with Gasteiger partial charge in [-0.05, 0) is 19.1 Å². The van der Waals surface area contributed by atoms with Crippen LogP contribution in [0.5, 0.6) is 5.75 Å². The number of rotatable bonds is 1. The van der Waals surface area contributed by atoms with Crippen molar-refractivity contribution in [2.45, 2.75) is 6.92 Å². The molecule has 0 aromatic heterocycles. The summed E-state index contributed by atoms with van der Waals surface area (Å²) in [5.74, 6) is -1.30. The first-order valence-corrected chi connectivity index (χ1v) is 3.14. The van der Waals surface area contributed by atoms with Gasteiger partial charge in [0.05, 0.1) is 0 Å². The van der Waals surface area contributed by atoms with E-state index in [4.69, 9.17) is 10.2 Å². The lowest BCUT2D eigenvalue weighted by atomic mass is 10.1. The second-order valence-electron chi connectivity index (χ2n) is 2.33. The molecular weight excluding hydrogens is 384 g/mol. The van der Waals surface area contributed by atoms with Crippen LogP contribution in [0, 0.1) is 6.92 Å². The van der Waals surface area contributed by atoms with Gasteiger partial charge in [0.25, 0.3) is 0 Å². The molecule has 0 aliphatic heterocycles. The van der Waals surface area contributed by atoms with E-state index in [1.165, 1.54) is 12.1 Å². The number of carboxylic acids is 1. The van der Waals surface area contributed by atoms with Crippen molar-refractivity contribution in [2.75, 3.05) is 0 Å². The summed E-state index contributed by atoms with van der Waals surface area (Å²) in [6, 6.07) is 4.46. The molecule has 0 bridgehead atoms. The monoisotopic (exact) mass is 392 g/mol. The van der Waals surface area contributed by atoms with E-state index < -0.39 is 5.97 Å². The highest BCUT2D eigenvalue weighted by Gasteiger charge is 2.07. The molecule has 2 N–H and O–H groups in total. The van der Waals surface area contributed by atoms with E-state index in [0.717, 1.165) is 5.56 Å². The quantitative estimate of drug-likeness (QED) is 0.769. The summed E-state index contributed by atoms with van der Waals surface area (Å²) in [5, 5.41) is 17.6. The lowest BCUT2D eigenvalue weighted by Crippen LogP contribution is -1.96. The maximum atomic E-state index is 10.4. The highest BCUT2D eigenvalue weighted by atomic mass is 79.9. The molecule has 0 amide bonds. The molecule has 82 valence electrons. The van der Waals surface area contributed by atoms with E-state index in [9.17, 15) is 4.79 Å². The third-order valence-corrected chi connectivity index (χ3v) is 1.38. The van der Waals surface area contributed by atoms with Gasteiger partial charge in [0.2, 0.25) is 0 Å². The van der Waals surface area contributed by atoms with E-state index in [0.29, 0.717) is 0 Å². The Labute approximate surface area is 113 Å². The number of carbonyl (C=O) groups is 1. The van der Waals surface area contributed by atoms with Crippen LogP contribution < -0.4 is 0 Å². The number of hydrogen-bond acceptors (Lipinski definition) is 2. The second kappa shape index (κ2) is 8.26. The number of aryl methyl sites for hydroxylation is 1. The molecule has 0 atom stereocenters. The lowest BCUT2D eigenvalue weighted by Gasteiger charge is -1.98. The number of aromatic hydroxyl groups is 1. The molecule has 1 aromatic carbocycles. The van der Waals surface area contributed by atoms with Crippen LogP contribution >= 0.6 is 50.9 Å². The standard InChI is InChI=1S/C8H8O3.3BrH/c1-5-2-3-7(9)6(4-5)8(10)11;;;/h2-4,9H,1H3,(H,10,11);3*1H. The van der Waals surface area contributed by atoms with E-state index in [1.807, 2.05) is 0 Å². The maximum Gasteiger partial charge on any atom is 0.339 e. The molecule has 6 heteroatoms. The van der Waals surface area contributed by atoms with Crippen molar-refractivity contribution in [3.05, 3.63) is 29.3 Å². The molecule has 1 aromatic rings. The summed E-state index contributed by atoms with van der Waals surface area (Å²) < 4.78 is 0. The molecule has 0 unspecified atom stereocenters. The molecule has 0 spiro atoms. The van der Waals surface area contributed by atoms with Crippen LogP contribution in [-0.2, 0) is 0 Å². The topological polar surface area (TPSA) is 57.5 Å². The van der Waals surface area contributed by atoms with Crippen LogP contribution in [0.15, 0.2) is 18.2 Å². The molecule has 0 radical (unpaired) electrons. The molecule has 3 nitrogen and oxygen atoms in total. The molecule has 0 saturated heterocycles. The minimum absolute atomic E-state index is 0. The summed E-state index contributed by atoms with van der Waals surface area (Å²) >= 11 is 0. The third-order valence-electron chi connectivity index (χ3n) is 1.38. The van der Waals surface area contributed by atoms with Gasteiger partial charge >= 0.3 is 5.97 Å². The average Bonchev–Trinajstić information content (AvgIpc) is 1.94. The van der Waals surface area contributed by atoms with Crippen molar-refractivity contribution in [1.82, 2.24) is 0 Å². The zero-order valence-electron chi connectivity index (χ0n) is 7.26. The minimum atomic E-state index is -1.11. The van der Waals surface area contributed by atoms with Crippen molar-refractivity contribution >= 4 is 56.9 Å². The number of benzene rings is 1. The van der Waals surface area contributed by atoms with Gasteiger partial charge in [-0.25, -0.2) is 4.79 Å². The SMILES string of the molecule is Br.Br.Br.Cc1ccc(O)c(C(=O)O)c1. The number of hydrogen-bond donors (Lipinski definition) is 2. The normalized spacial score (nSPS) is 7.50. The van der Waals surface area contributed by atoms with Gasteiger partial charge in [-0.2, -0.15) is 0 Å². The first-order chi connectivity index (χ1) is 5.11. The summed E-state index contributed by atoms with van der Waals surface area (Å²) in [6.45, 7) is 1.77. The fourth-order valence-corrected chi connectivity index (χ4v) is 0.821. The number of halogens is 3. The summed E-state index contributed by atoms with van der Waals surface area (Å²) in [5.41, 5.74) is 0.769. The predicted octanol–water partition coefficient (Wildman–Crippen LogP) is 3.13. The van der Waals surface area contributed by atoms with Crippen molar-refractivity contribution in [3.63, 3.8) is 0 Å². The molecule has 14 heavy (non-hydrogen) atoms. The Morgan fingerprint density at radius 1 is 1.21 bits per heavy atom. The minimum Gasteiger partial charge on any atom is -0.507 e. The number of carboxylic acid groups (broad SMARTS) is 1. The van der Waals surface area contributed by atoms with Crippen molar-refractivity contribution in [1.29, 1.82) is 0 Å². The fraction of sp³-hybridized carbons (Fsp3) is 0.125. The molecule has 0 fully saturated rings. The van der Waals surface area contributed by atoms with Gasteiger partial charge in [0, 0.05) is 0 Å². The third kappa shape index (κ3) is 4.97. The van der Waals surface area contributed by atoms with E-state index in [2.05, 4.69) is 0 Å². The van der Waals surface area contributed by atoms with Crippen molar-refractivity contribution < 1.29 is 15.0 Å². The van der Waals surface area contributed by atoms with Crippen LogP contribution in [0.1, 0.15) is 15.9 Å². The Balaban J connectivity index is -0.000000403. The average molecular weight is 395 g/mol. The smallest absolute Gasteiger partial charge is 0.339 e. The molecule has 0 aliphatic carbocycles. The zero-order chi connectivity index (χ0) is 8.43. The van der Waals surface area contributed by atoms with E-state index in [1.54, 1.807) is 13.0 Å². The predicted molar refractivity (Wildman–Crippen MR) is 70.8 cm³/mol. The van der Waals surface area contributed by atoms with Gasteiger partial charge in [-0.15, -0.1) is 50.9 Å². The summed E-state index contributed by atoms with van der Waals surface area (Å²) in [7, 11) is 0. The fourth-order valence-electron chi connectivity index (χ4n) is 0.821. The van der Waals surface area contributed by atoms with Crippen molar-refractivity contribution in [2.24, 2.45) is 0 Å². The lowest BCUT2D eigenvalue weighted by molar-refractivity contribution is 0.0693. The highest BCUT2D eigenvalue weighted by Crippen LogP contribution is 2.17. The Hall–Kier alpha value is -0.0700. The molecule has 0 saturated carbocycles. The Kier molecular flexibility index (Phi) is 11.5. The Morgan fingerprint density at radius 2 is 1.71 bits per heavy atom. The second-order valence-corrected chi connectivity index (χ2v) is 2.33. The zero-order valence-corrected chi connectivity index (χ0v) is 12.4. The van der Waals surface area contributed by atoms with Crippen LogP contribution in [-0.4, -0.2) is 16.2 Å². The number of aromatic carboxylic acids is 1. The van der Waals surface area contributed by atoms with Gasteiger partial charge in [0.15, 0.2) is 0 Å². The van der Waals surface area contributed by atoms with Gasteiger partial charge in [0.1, 0.15) is 11.3 Å². The number of phenols is 1. The molecule has 1 rings (SSSR count). The van der Waals surface area contributed by atoms with Crippen LogP contribution in [0.2, 0.25) is 0 Å². The first-order valence-electron chi connectivity index (χ1n) is 3.14. The Morgan fingerprint density at radius 3 is 2.07 bits per heavy atom. The Bertz CT molecular complexity index is 302. The maximum absolute atomic E-state index is 10.4. The molecular formula is C8H11Br3O3. The van der Waals surface area contributed by atoms with Gasteiger partial charge in [-0.1, -0.05) is 11.6 Å².